The van der Waals surface area contributed by atoms with Gasteiger partial charge in [0.05, 0.1) is 4.92 Å². The quantitative estimate of drug-likeness (QED) is 0.298. The van der Waals surface area contributed by atoms with Crippen molar-refractivity contribution < 1.29 is 19.3 Å². The third-order valence-corrected chi connectivity index (χ3v) is 10.1. The number of rotatable bonds is 6. The molecule has 3 heterocycles. The van der Waals surface area contributed by atoms with Gasteiger partial charge in [-0.3, -0.25) is 34.7 Å². The van der Waals surface area contributed by atoms with E-state index in [1.807, 2.05) is 30.3 Å². The number of nitro benzene ring substituents is 1. The second kappa shape index (κ2) is 12.3. The third kappa shape index (κ3) is 6.51. The van der Waals surface area contributed by atoms with Gasteiger partial charge in [-0.05, 0) is 80.7 Å². The number of non-ortho nitro benzene ring substituents is 1. The molecule has 6 rings (SSSR count). The molecule has 228 valence electrons. The van der Waals surface area contributed by atoms with E-state index >= 15 is 0 Å². The lowest BCUT2D eigenvalue weighted by molar-refractivity contribution is -0.384. The van der Waals surface area contributed by atoms with Crippen molar-refractivity contribution in [2.24, 2.45) is 5.41 Å². The lowest BCUT2D eigenvalue weighted by Crippen LogP contribution is -2.52. The first-order valence-corrected chi connectivity index (χ1v) is 15.5. The molecule has 4 aliphatic rings. The first kappa shape index (κ1) is 29.1. The molecule has 3 amide bonds. The van der Waals surface area contributed by atoms with Gasteiger partial charge in [-0.1, -0.05) is 6.07 Å². The summed E-state index contributed by atoms with van der Waals surface area (Å²) < 4.78 is 0. The molecule has 2 aromatic rings. The number of nitrogens with one attached hydrogen (secondary N) is 2. The molecule has 2 N–H and O–H groups in total. The molecule has 1 aliphatic carbocycles. The number of carbonyl (C=O) groups is 3. The number of benzene rings is 2. The number of nitrogens with zero attached hydrogens (tertiary/aromatic N) is 4. The molecular formula is C32H40N6O5. The van der Waals surface area contributed by atoms with Gasteiger partial charge in [0.1, 0.15) is 6.04 Å². The minimum absolute atomic E-state index is 0.132. The summed E-state index contributed by atoms with van der Waals surface area (Å²) in [6.45, 7) is 5.87. The smallest absolute Gasteiger partial charge is 0.269 e. The highest BCUT2D eigenvalue weighted by Gasteiger charge is 2.40. The number of hydrogen-bond donors (Lipinski definition) is 2. The fraction of sp³-hybridized carbons (Fsp3) is 0.531. The molecule has 1 spiro atoms. The Bertz CT molecular complexity index is 1350. The lowest BCUT2D eigenvalue weighted by atomic mass is 9.66. The van der Waals surface area contributed by atoms with Crippen LogP contribution < -0.4 is 20.4 Å². The normalized spacial score (nSPS) is 23.2. The second-order valence-corrected chi connectivity index (χ2v) is 12.5. The van der Waals surface area contributed by atoms with Crippen molar-refractivity contribution in [2.75, 3.05) is 49.1 Å². The molecule has 43 heavy (non-hydrogen) atoms. The largest absolute Gasteiger partial charge is 0.371 e. The molecule has 11 heteroatoms. The van der Waals surface area contributed by atoms with E-state index < -0.39 is 11.9 Å². The maximum atomic E-state index is 12.9. The minimum atomic E-state index is -0.683. The summed E-state index contributed by atoms with van der Waals surface area (Å²) in [7, 11) is 0. The van der Waals surface area contributed by atoms with Crippen LogP contribution in [0, 0.1) is 15.5 Å². The molecule has 1 unspecified atom stereocenters. The monoisotopic (exact) mass is 588 g/mol. The predicted molar refractivity (Wildman–Crippen MR) is 163 cm³/mol. The number of piperidine rings is 2. The number of carbonyl (C=O) groups excluding carboxylic acids is 3. The maximum Gasteiger partial charge on any atom is 0.269 e. The number of amides is 3. The van der Waals surface area contributed by atoms with Crippen molar-refractivity contribution in [3.63, 3.8) is 0 Å². The molecule has 2 aromatic carbocycles. The number of piperazine rings is 1. The Hall–Kier alpha value is -3.99. The first-order valence-electron chi connectivity index (χ1n) is 15.5. The van der Waals surface area contributed by atoms with Crippen molar-refractivity contribution in [2.45, 2.75) is 63.5 Å². The van der Waals surface area contributed by atoms with Crippen LogP contribution in [0.5, 0.6) is 0 Å². The molecule has 0 aromatic heterocycles. The van der Waals surface area contributed by atoms with Crippen LogP contribution in [0.25, 0.3) is 0 Å². The van der Waals surface area contributed by atoms with E-state index in [1.54, 1.807) is 18.2 Å². The van der Waals surface area contributed by atoms with Gasteiger partial charge >= 0.3 is 0 Å². The van der Waals surface area contributed by atoms with Gasteiger partial charge in [0.25, 0.3) is 11.6 Å². The van der Waals surface area contributed by atoms with E-state index in [0.29, 0.717) is 23.4 Å². The van der Waals surface area contributed by atoms with E-state index in [9.17, 15) is 24.5 Å². The Labute approximate surface area is 251 Å². The highest BCUT2D eigenvalue weighted by Crippen LogP contribution is 2.46. The molecule has 3 aliphatic heterocycles. The zero-order valence-electron chi connectivity index (χ0n) is 24.5. The summed E-state index contributed by atoms with van der Waals surface area (Å²) in [4.78, 5) is 54.3. The molecular weight excluding hydrogens is 548 g/mol. The predicted octanol–water partition coefficient (Wildman–Crippen LogP) is 3.48. The number of imide groups is 1. The molecule has 3 saturated heterocycles. The van der Waals surface area contributed by atoms with Gasteiger partial charge in [-0.25, -0.2) is 0 Å². The number of hydrogen-bond acceptors (Lipinski definition) is 8. The van der Waals surface area contributed by atoms with Crippen LogP contribution in [-0.4, -0.2) is 78.9 Å². The third-order valence-electron chi connectivity index (χ3n) is 10.1. The van der Waals surface area contributed by atoms with E-state index in [0.717, 1.165) is 63.5 Å². The SMILES string of the molecule is O=C1CCC(NC(=O)c2cccc(N3CCC4(CCC(N5CCN(c6ccc([N+](=O)[O-])cc6)CC5)CC4)CC3)c2)C(=O)N1. The van der Waals surface area contributed by atoms with E-state index in [-0.39, 0.29) is 28.8 Å². The van der Waals surface area contributed by atoms with Crippen LogP contribution >= 0.6 is 0 Å². The fourth-order valence-corrected chi connectivity index (χ4v) is 7.37. The summed E-state index contributed by atoms with van der Waals surface area (Å²) >= 11 is 0. The maximum absolute atomic E-state index is 12.9. The van der Waals surface area contributed by atoms with E-state index in [1.165, 1.54) is 25.7 Å². The Balaban J connectivity index is 0.964. The van der Waals surface area contributed by atoms with Crippen molar-refractivity contribution in [1.82, 2.24) is 15.5 Å². The first-order chi connectivity index (χ1) is 20.8. The van der Waals surface area contributed by atoms with Crippen LogP contribution in [-0.2, 0) is 9.59 Å². The van der Waals surface area contributed by atoms with Gasteiger partial charge in [0.2, 0.25) is 11.8 Å². The Morgan fingerprint density at radius 3 is 2.19 bits per heavy atom. The number of anilines is 2. The van der Waals surface area contributed by atoms with Gasteiger partial charge in [-0.2, -0.15) is 0 Å². The van der Waals surface area contributed by atoms with Gasteiger partial charge < -0.3 is 15.1 Å². The van der Waals surface area contributed by atoms with Gasteiger partial charge in [0.15, 0.2) is 0 Å². The van der Waals surface area contributed by atoms with Crippen LogP contribution in [0.15, 0.2) is 48.5 Å². The van der Waals surface area contributed by atoms with Crippen LogP contribution in [0.1, 0.15) is 61.7 Å². The van der Waals surface area contributed by atoms with E-state index in [2.05, 4.69) is 25.3 Å². The topological polar surface area (TPSA) is 128 Å². The zero-order chi connectivity index (χ0) is 30.0. The Kier molecular flexibility index (Phi) is 8.34. The Morgan fingerprint density at radius 2 is 1.53 bits per heavy atom. The van der Waals surface area contributed by atoms with Crippen LogP contribution in [0.2, 0.25) is 0 Å². The average Bonchev–Trinajstić information content (AvgIpc) is 3.03. The van der Waals surface area contributed by atoms with Crippen molar-refractivity contribution in [1.29, 1.82) is 0 Å². The van der Waals surface area contributed by atoms with Crippen molar-refractivity contribution >= 4 is 34.8 Å². The molecule has 11 nitrogen and oxygen atoms in total. The van der Waals surface area contributed by atoms with Crippen molar-refractivity contribution in [3.8, 4) is 0 Å². The zero-order valence-corrected chi connectivity index (χ0v) is 24.5. The molecule has 0 radical (unpaired) electrons. The van der Waals surface area contributed by atoms with Gasteiger partial charge in [0, 0.05) is 80.8 Å². The summed E-state index contributed by atoms with van der Waals surface area (Å²) in [5.41, 5.74) is 3.14. The lowest BCUT2D eigenvalue weighted by Gasteiger charge is -2.49. The number of nitro groups is 1. The van der Waals surface area contributed by atoms with Crippen molar-refractivity contribution in [3.05, 3.63) is 64.2 Å². The summed E-state index contributed by atoms with van der Waals surface area (Å²) in [5.74, 6) is -1.04. The molecule has 1 saturated carbocycles. The minimum Gasteiger partial charge on any atom is -0.371 e. The summed E-state index contributed by atoms with van der Waals surface area (Å²) in [5, 5.41) is 16.0. The van der Waals surface area contributed by atoms with Crippen LogP contribution in [0.3, 0.4) is 0 Å². The summed E-state index contributed by atoms with van der Waals surface area (Å²) in [6, 6.07) is 14.5. The molecule has 0 bridgehead atoms. The second-order valence-electron chi connectivity index (χ2n) is 12.5. The van der Waals surface area contributed by atoms with Crippen LogP contribution in [0.4, 0.5) is 17.1 Å². The fourth-order valence-electron chi connectivity index (χ4n) is 7.37. The highest BCUT2D eigenvalue weighted by atomic mass is 16.6. The highest BCUT2D eigenvalue weighted by molar-refractivity contribution is 6.04. The van der Waals surface area contributed by atoms with E-state index in [4.69, 9.17) is 0 Å². The Morgan fingerprint density at radius 1 is 0.860 bits per heavy atom. The molecule has 1 atom stereocenters. The van der Waals surface area contributed by atoms with Gasteiger partial charge in [-0.15, -0.1) is 0 Å². The molecule has 4 fully saturated rings. The summed E-state index contributed by atoms with van der Waals surface area (Å²) in [6.07, 6.45) is 7.82. The standard InChI is InChI=1S/C32H40N6O5/c39-29-9-8-28(31(41)34-29)33-30(40)23-2-1-3-27(22-23)35-16-14-32(15-17-35)12-10-25(11-13-32)37-20-18-36(19-21-37)24-4-6-26(7-5-24)38(42)43/h1-7,22,25,28H,8-21H2,(H,33,40)(H,34,39,41). The average molecular weight is 589 g/mol.